The van der Waals surface area contributed by atoms with E-state index in [1.807, 2.05) is 24.3 Å². The van der Waals surface area contributed by atoms with E-state index in [-0.39, 0.29) is 11.8 Å². The van der Waals surface area contributed by atoms with Gasteiger partial charge in [-0.1, -0.05) is 47.5 Å². The molecule has 0 saturated carbocycles. The van der Waals surface area contributed by atoms with Crippen LogP contribution >= 0.6 is 34.8 Å². The monoisotopic (exact) mass is 450 g/mol. The molecule has 3 aromatic rings. The third kappa shape index (κ3) is 3.37. The molecule has 150 valence electrons. The molecule has 1 aliphatic heterocycles. The van der Waals surface area contributed by atoms with Crippen LogP contribution in [0, 0.1) is 0 Å². The highest BCUT2D eigenvalue weighted by atomic mass is 35.5. The summed E-state index contributed by atoms with van der Waals surface area (Å²) in [6.45, 7) is 0. The first-order chi connectivity index (χ1) is 14.0. The summed E-state index contributed by atoms with van der Waals surface area (Å²) in [5.41, 5.74) is 3.31. The van der Waals surface area contributed by atoms with Crippen molar-refractivity contribution in [2.75, 3.05) is 13.0 Å². The first-order valence-corrected chi connectivity index (χ1v) is 10.2. The SMILES string of the molecule is COC(=O)[C@H]1Cc2c([nH]c3ccccc23)[C@H](c2ccc(Cl)cc2Cl)N1C(=O)CCl. The fraction of sp³-hybridized carbons (Fsp3) is 0.238. The second-order valence-electron chi connectivity index (χ2n) is 6.81. The van der Waals surface area contributed by atoms with Crippen LogP contribution in [-0.2, 0) is 20.7 Å². The van der Waals surface area contributed by atoms with E-state index in [9.17, 15) is 9.59 Å². The van der Waals surface area contributed by atoms with E-state index >= 15 is 0 Å². The molecule has 0 unspecified atom stereocenters. The number of H-pyrrole nitrogens is 1. The third-order valence-electron chi connectivity index (χ3n) is 5.26. The molecule has 1 aromatic heterocycles. The molecule has 29 heavy (non-hydrogen) atoms. The molecular weight excluding hydrogens is 435 g/mol. The van der Waals surface area contributed by atoms with Gasteiger partial charge in [-0.05, 0) is 29.3 Å². The molecule has 1 aliphatic rings. The van der Waals surface area contributed by atoms with Crippen molar-refractivity contribution in [3.05, 3.63) is 69.3 Å². The van der Waals surface area contributed by atoms with Crippen molar-refractivity contribution in [2.45, 2.75) is 18.5 Å². The summed E-state index contributed by atoms with van der Waals surface area (Å²) in [6.07, 6.45) is 0.316. The van der Waals surface area contributed by atoms with Crippen LogP contribution in [0.5, 0.6) is 0 Å². The number of ether oxygens (including phenoxy) is 1. The number of esters is 1. The number of fused-ring (bicyclic) bond motifs is 3. The molecule has 2 aromatic carbocycles. The normalized spacial score (nSPS) is 18.6. The van der Waals surface area contributed by atoms with Crippen molar-refractivity contribution in [3.8, 4) is 0 Å². The van der Waals surface area contributed by atoms with E-state index in [1.54, 1.807) is 18.2 Å². The molecular formula is C21H17Cl3N2O3. The quantitative estimate of drug-likeness (QED) is 0.462. The summed E-state index contributed by atoms with van der Waals surface area (Å²) in [5.74, 6) is -1.16. The van der Waals surface area contributed by atoms with Gasteiger partial charge in [0, 0.05) is 33.1 Å². The van der Waals surface area contributed by atoms with E-state index in [0.717, 1.165) is 22.2 Å². The molecule has 0 aliphatic carbocycles. The van der Waals surface area contributed by atoms with Gasteiger partial charge >= 0.3 is 5.97 Å². The van der Waals surface area contributed by atoms with E-state index in [4.69, 9.17) is 39.5 Å². The average Bonchev–Trinajstić information content (AvgIpc) is 3.10. The molecule has 1 amide bonds. The second kappa shape index (κ2) is 7.90. The van der Waals surface area contributed by atoms with Crippen molar-refractivity contribution in [1.29, 1.82) is 0 Å². The van der Waals surface area contributed by atoms with E-state index in [1.165, 1.54) is 12.0 Å². The Hall–Kier alpha value is -2.21. The predicted molar refractivity (Wildman–Crippen MR) is 114 cm³/mol. The van der Waals surface area contributed by atoms with Gasteiger partial charge in [0.2, 0.25) is 5.91 Å². The van der Waals surface area contributed by atoms with Gasteiger partial charge in [0.15, 0.2) is 0 Å². The summed E-state index contributed by atoms with van der Waals surface area (Å²) in [5, 5.41) is 1.86. The maximum absolute atomic E-state index is 12.9. The lowest BCUT2D eigenvalue weighted by atomic mass is 9.88. The molecule has 8 heteroatoms. The van der Waals surface area contributed by atoms with Crippen LogP contribution in [0.1, 0.15) is 22.9 Å². The number of benzene rings is 2. The Morgan fingerprint density at radius 1 is 1.21 bits per heavy atom. The van der Waals surface area contributed by atoms with Gasteiger partial charge < -0.3 is 14.6 Å². The number of hydrogen-bond acceptors (Lipinski definition) is 3. The number of aromatic nitrogens is 1. The first kappa shape index (κ1) is 20.1. The Balaban J connectivity index is 2.01. The van der Waals surface area contributed by atoms with Gasteiger partial charge in [-0.2, -0.15) is 0 Å². The van der Waals surface area contributed by atoms with Gasteiger partial charge in [-0.3, -0.25) is 4.79 Å². The van der Waals surface area contributed by atoms with Gasteiger partial charge in [0.25, 0.3) is 0 Å². The van der Waals surface area contributed by atoms with Gasteiger partial charge in [-0.25, -0.2) is 4.79 Å². The number of hydrogen-bond donors (Lipinski definition) is 1. The lowest BCUT2D eigenvalue weighted by Crippen LogP contribution is -2.52. The Labute approximate surface area is 182 Å². The van der Waals surface area contributed by atoms with Crippen molar-refractivity contribution >= 4 is 57.6 Å². The Morgan fingerprint density at radius 3 is 2.66 bits per heavy atom. The summed E-state index contributed by atoms with van der Waals surface area (Å²) in [6, 6.07) is 11.4. The van der Waals surface area contributed by atoms with Gasteiger partial charge in [0.1, 0.15) is 11.9 Å². The van der Waals surface area contributed by atoms with Crippen LogP contribution in [0.2, 0.25) is 10.0 Å². The Kier molecular flexibility index (Phi) is 5.47. The molecule has 0 fully saturated rings. The van der Waals surface area contributed by atoms with Crippen LogP contribution in [0.15, 0.2) is 42.5 Å². The highest BCUT2D eigenvalue weighted by Gasteiger charge is 2.44. The number of methoxy groups -OCH3 is 1. The lowest BCUT2D eigenvalue weighted by molar-refractivity contribution is -0.154. The van der Waals surface area contributed by atoms with Crippen LogP contribution in [0.25, 0.3) is 10.9 Å². The van der Waals surface area contributed by atoms with Crippen LogP contribution in [0.3, 0.4) is 0 Å². The average molecular weight is 452 g/mol. The van der Waals surface area contributed by atoms with Crippen molar-refractivity contribution < 1.29 is 14.3 Å². The Bertz CT molecular complexity index is 1110. The second-order valence-corrected chi connectivity index (χ2v) is 7.92. The van der Waals surface area contributed by atoms with Crippen molar-refractivity contribution in [1.82, 2.24) is 9.88 Å². The van der Waals surface area contributed by atoms with Crippen LogP contribution in [0.4, 0.5) is 0 Å². The number of amides is 1. The molecule has 2 heterocycles. The van der Waals surface area contributed by atoms with Gasteiger partial charge in [0.05, 0.1) is 13.2 Å². The number of carbonyl (C=O) groups excluding carboxylic acids is 2. The molecule has 0 saturated heterocycles. The third-order valence-corrected chi connectivity index (χ3v) is 6.06. The summed E-state index contributed by atoms with van der Waals surface area (Å²) in [7, 11) is 1.31. The molecule has 0 bridgehead atoms. The highest BCUT2D eigenvalue weighted by Crippen LogP contribution is 2.43. The maximum Gasteiger partial charge on any atom is 0.328 e. The van der Waals surface area contributed by atoms with Crippen molar-refractivity contribution in [2.24, 2.45) is 0 Å². The predicted octanol–water partition coefficient (Wildman–Crippen LogP) is 4.73. The molecule has 1 N–H and O–H groups in total. The van der Waals surface area contributed by atoms with E-state index in [2.05, 4.69) is 4.98 Å². The standard InChI is InChI=1S/C21H17Cl3N2O3/c1-29-21(28)17-9-14-12-4-2-3-5-16(12)25-19(14)20(26(17)18(27)10-22)13-7-6-11(23)8-15(13)24/h2-8,17,20,25H,9-10H2,1H3/t17-,20+/m1/s1. The maximum atomic E-state index is 12.9. The Morgan fingerprint density at radius 2 is 1.97 bits per heavy atom. The summed E-state index contributed by atoms with van der Waals surface area (Å²) in [4.78, 5) is 30.4. The van der Waals surface area contributed by atoms with Crippen molar-refractivity contribution in [3.63, 3.8) is 0 Å². The minimum Gasteiger partial charge on any atom is -0.467 e. The van der Waals surface area contributed by atoms with Crippen LogP contribution in [-0.4, -0.2) is 40.8 Å². The fourth-order valence-electron chi connectivity index (χ4n) is 4.03. The van der Waals surface area contributed by atoms with E-state index < -0.39 is 18.1 Å². The molecule has 0 radical (unpaired) electrons. The minimum atomic E-state index is -0.824. The fourth-order valence-corrected chi connectivity index (χ4v) is 4.68. The number of nitrogens with one attached hydrogen (secondary N) is 1. The van der Waals surface area contributed by atoms with E-state index in [0.29, 0.717) is 22.0 Å². The number of aromatic amines is 1. The lowest BCUT2D eigenvalue weighted by Gasteiger charge is -2.41. The summed E-state index contributed by atoms with van der Waals surface area (Å²) < 4.78 is 5.01. The minimum absolute atomic E-state index is 0.273. The first-order valence-electron chi connectivity index (χ1n) is 8.95. The number of para-hydroxylation sites is 1. The number of nitrogens with zero attached hydrogens (tertiary/aromatic N) is 1. The summed E-state index contributed by atoms with van der Waals surface area (Å²) >= 11 is 18.5. The largest absolute Gasteiger partial charge is 0.467 e. The zero-order chi connectivity index (χ0) is 20.7. The highest BCUT2D eigenvalue weighted by molar-refractivity contribution is 6.35. The molecule has 0 spiro atoms. The number of alkyl halides is 1. The topological polar surface area (TPSA) is 62.4 Å². The van der Waals surface area contributed by atoms with Gasteiger partial charge in [-0.15, -0.1) is 11.6 Å². The number of halogens is 3. The molecule has 4 rings (SSSR count). The zero-order valence-corrected chi connectivity index (χ0v) is 17.7. The number of carbonyl (C=O) groups is 2. The van der Waals surface area contributed by atoms with Crippen LogP contribution < -0.4 is 0 Å². The molecule has 2 atom stereocenters. The number of rotatable bonds is 3. The zero-order valence-electron chi connectivity index (χ0n) is 15.4. The smallest absolute Gasteiger partial charge is 0.328 e. The molecule has 5 nitrogen and oxygen atoms in total.